The number of hydrogen-bond donors (Lipinski definition) is 1. The van der Waals surface area contributed by atoms with Crippen LogP contribution >= 0.6 is 0 Å². The molecule has 1 amide bonds. The predicted molar refractivity (Wildman–Crippen MR) is 106 cm³/mol. The van der Waals surface area contributed by atoms with Gasteiger partial charge in [-0.1, -0.05) is 0 Å². The van der Waals surface area contributed by atoms with Gasteiger partial charge in [-0.05, 0) is 39.0 Å². The molecule has 0 radical (unpaired) electrons. The van der Waals surface area contributed by atoms with Crippen molar-refractivity contribution in [1.82, 2.24) is 9.55 Å². The van der Waals surface area contributed by atoms with E-state index in [1.165, 1.54) is 0 Å². The lowest BCUT2D eigenvalue weighted by Crippen LogP contribution is -2.36. The quantitative estimate of drug-likeness (QED) is 0.766. The number of nitrogens with one attached hydrogen (secondary N) is 1. The third kappa shape index (κ3) is 4.51. The summed E-state index contributed by atoms with van der Waals surface area (Å²) in [5, 5.41) is 2.86. The van der Waals surface area contributed by atoms with Gasteiger partial charge in [0.2, 0.25) is 5.91 Å². The molecule has 0 aliphatic carbocycles. The minimum absolute atomic E-state index is 0.113. The SMILES string of the molecule is CCOC(=O)c1cc(C)n(CC(=O)Nc2ccc(N3CCOCC3)nc2)c1C. The Balaban J connectivity index is 1.63. The number of ether oxygens (including phenoxy) is 2. The van der Waals surface area contributed by atoms with Gasteiger partial charge in [0.05, 0.1) is 37.3 Å². The molecule has 0 spiro atoms. The first-order valence-corrected chi connectivity index (χ1v) is 9.42. The van der Waals surface area contributed by atoms with E-state index in [-0.39, 0.29) is 18.4 Å². The van der Waals surface area contributed by atoms with E-state index in [1.54, 1.807) is 23.8 Å². The average Bonchev–Trinajstić information content (AvgIpc) is 2.98. The number of amides is 1. The molecule has 0 atom stereocenters. The van der Waals surface area contributed by atoms with Gasteiger partial charge in [-0.15, -0.1) is 0 Å². The highest BCUT2D eigenvalue weighted by molar-refractivity contribution is 5.93. The highest BCUT2D eigenvalue weighted by Crippen LogP contribution is 2.18. The van der Waals surface area contributed by atoms with E-state index in [2.05, 4.69) is 15.2 Å². The average molecular weight is 386 g/mol. The molecular weight excluding hydrogens is 360 g/mol. The zero-order chi connectivity index (χ0) is 20.1. The smallest absolute Gasteiger partial charge is 0.339 e. The predicted octanol–water partition coefficient (Wildman–Crippen LogP) is 2.15. The molecule has 1 aliphatic rings. The summed E-state index contributed by atoms with van der Waals surface area (Å²) in [6.45, 7) is 8.89. The van der Waals surface area contributed by atoms with Crippen molar-refractivity contribution in [3.05, 3.63) is 41.3 Å². The minimum Gasteiger partial charge on any atom is -0.462 e. The maximum Gasteiger partial charge on any atom is 0.339 e. The van der Waals surface area contributed by atoms with E-state index in [1.807, 2.05) is 26.0 Å². The molecule has 150 valence electrons. The second kappa shape index (κ2) is 8.88. The van der Waals surface area contributed by atoms with E-state index in [0.29, 0.717) is 36.8 Å². The van der Waals surface area contributed by atoms with E-state index in [0.717, 1.165) is 24.6 Å². The lowest BCUT2D eigenvalue weighted by molar-refractivity contribution is -0.116. The number of carbonyl (C=O) groups is 2. The van der Waals surface area contributed by atoms with Gasteiger partial charge in [-0.25, -0.2) is 9.78 Å². The van der Waals surface area contributed by atoms with Crippen molar-refractivity contribution < 1.29 is 19.1 Å². The van der Waals surface area contributed by atoms with Crippen molar-refractivity contribution >= 4 is 23.4 Å². The van der Waals surface area contributed by atoms with Gasteiger partial charge in [0.1, 0.15) is 12.4 Å². The molecule has 0 unspecified atom stereocenters. The molecule has 1 N–H and O–H groups in total. The maximum absolute atomic E-state index is 12.5. The molecule has 3 heterocycles. The lowest BCUT2D eigenvalue weighted by atomic mass is 10.2. The van der Waals surface area contributed by atoms with Crippen molar-refractivity contribution in [2.75, 3.05) is 43.1 Å². The standard InChI is InChI=1S/C20H26N4O4/c1-4-28-20(26)17-11-14(2)24(15(17)3)13-19(25)22-16-5-6-18(21-12-16)23-7-9-27-10-8-23/h5-6,11-12H,4,7-10,13H2,1-3H3,(H,22,25). The van der Waals surface area contributed by atoms with E-state index >= 15 is 0 Å². The molecule has 2 aromatic heterocycles. The number of morpholine rings is 1. The van der Waals surface area contributed by atoms with E-state index in [4.69, 9.17) is 9.47 Å². The zero-order valence-electron chi connectivity index (χ0n) is 16.5. The molecule has 0 aromatic carbocycles. The van der Waals surface area contributed by atoms with Crippen LogP contribution in [0.5, 0.6) is 0 Å². The number of rotatable bonds is 6. The molecule has 8 nitrogen and oxygen atoms in total. The van der Waals surface area contributed by atoms with Crippen LogP contribution in [0.4, 0.5) is 11.5 Å². The van der Waals surface area contributed by atoms with Crippen LogP contribution in [0, 0.1) is 13.8 Å². The Kier molecular flexibility index (Phi) is 6.30. The fourth-order valence-corrected chi connectivity index (χ4v) is 3.24. The van der Waals surface area contributed by atoms with E-state index < -0.39 is 0 Å². The molecule has 3 rings (SSSR count). The number of hydrogen-bond acceptors (Lipinski definition) is 6. The topological polar surface area (TPSA) is 85.7 Å². The van der Waals surface area contributed by atoms with Gasteiger partial charge in [0, 0.05) is 24.5 Å². The van der Waals surface area contributed by atoms with Gasteiger partial charge >= 0.3 is 5.97 Å². The third-order valence-electron chi connectivity index (χ3n) is 4.74. The highest BCUT2D eigenvalue weighted by Gasteiger charge is 2.18. The van der Waals surface area contributed by atoms with Crippen LogP contribution in [0.2, 0.25) is 0 Å². The Morgan fingerprint density at radius 3 is 2.64 bits per heavy atom. The normalized spacial score (nSPS) is 14.0. The fourth-order valence-electron chi connectivity index (χ4n) is 3.24. The number of esters is 1. The molecular formula is C20H26N4O4. The molecule has 8 heteroatoms. The zero-order valence-corrected chi connectivity index (χ0v) is 16.5. The number of aryl methyl sites for hydroxylation is 1. The molecule has 1 saturated heterocycles. The molecule has 0 saturated carbocycles. The first kappa shape index (κ1) is 19.9. The summed E-state index contributed by atoms with van der Waals surface area (Å²) in [5.74, 6) is 0.320. The summed E-state index contributed by atoms with van der Waals surface area (Å²) in [6.07, 6.45) is 1.65. The van der Waals surface area contributed by atoms with Gasteiger partial charge < -0.3 is 24.3 Å². The van der Waals surface area contributed by atoms with Crippen LogP contribution in [-0.4, -0.2) is 54.3 Å². The van der Waals surface area contributed by atoms with Gasteiger partial charge in [0.15, 0.2) is 0 Å². The van der Waals surface area contributed by atoms with Crippen molar-refractivity contribution in [2.45, 2.75) is 27.3 Å². The molecule has 2 aromatic rings. The number of nitrogens with zero attached hydrogens (tertiary/aromatic N) is 3. The van der Waals surface area contributed by atoms with Crippen molar-refractivity contribution in [3.63, 3.8) is 0 Å². The molecule has 1 fully saturated rings. The minimum atomic E-state index is -0.370. The summed E-state index contributed by atoms with van der Waals surface area (Å²) in [5.41, 5.74) is 2.67. The Hall–Kier alpha value is -2.87. The number of anilines is 2. The second-order valence-corrected chi connectivity index (χ2v) is 6.64. The van der Waals surface area contributed by atoms with Crippen LogP contribution < -0.4 is 10.2 Å². The summed E-state index contributed by atoms with van der Waals surface area (Å²) in [6, 6.07) is 5.49. The maximum atomic E-state index is 12.5. The van der Waals surface area contributed by atoms with Gasteiger partial charge in [-0.2, -0.15) is 0 Å². The van der Waals surface area contributed by atoms with Crippen LogP contribution in [0.25, 0.3) is 0 Å². The lowest BCUT2D eigenvalue weighted by Gasteiger charge is -2.27. The van der Waals surface area contributed by atoms with Crippen molar-refractivity contribution in [1.29, 1.82) is 0 Å². The Bertz CT molecular complexity index is 839. The third-order valence-corrected chi connectivity index (χ3v) is 4.74. The molecule has 0 bridgehead atoms. The summed E-state index contributed by atoms with van der Waals surface area (Å²) >= 11 is 0. The first-order chi connectivity index (χ1) is 13.5. The van der Waals surface area contributed by atoms with Crippen molar-refractivity contribution in [2.24, 2.45) is 0 Å². The van der Waals surface area contributed by atoms with E-state index in [9.17, 15) is 9.59 Å². The summed E-state index contributed by atoms with van der Waals surface area (Å²) in [4.78, 5) is 31.1. The first-order valence-electron chi connectivity index (χ1n) is 9.42. The van der Waals surface area contributed by atoms with Gasteiger partial charge in [-0.3, -0.25) is 4.79 Å². The number of carbonyl (C=O) groups excluding carboxylic acids is 2. The second-order valence-electron chi connectivity index (χ2n) is 6.64. The van der Waals surface area contributed by atoms with Crippen LogP contribution in [0.3, 0.4) is 0 Å². The number of pyridine rings is 1. The Morgan fingerprint density at radius 1 is 1.25 bits per heavy atom. The monoisotopic (exact) mass is 386 g/mol. The van der Waals surface area contributed by atoms with Crippen LogP contribution in [0.1, 0.15) is 28.7 Å². The molecule has 1 aliphatic heterocycles. The van der Waals surface area contributed by atoms with Crippen LogP contribution in [0.15, 0.2) is 24.4 Å². The summed E-state index contributed by atoms with van der Waals surface area (Å²) in [7, 11) is 0. The highest BCUT2D eigenvalue weighted by atomic mass is 16.5. The summed E-state index contributed by atoms with van der Waals surface area (Å²) < 4.78 is 12.2. The largest absolute Gasteiger partial charge is 0.462 e. The van der Waals surface area contributed by atoms with Gasteiger partial charge in [0.25, 0.3) is 0 Å². The molecule has 28 heavy (non-hydrogen) atoms. The van der Waals surface area contributed by atoms with Crippen LogP contribution in [-0.2, 0) is 20.8 Å². The Labute approximate surface area is 164 Å². The van der Waals surface area contributed by atoms with Crippen molar-refractivity contribution in [3.8, 4) is 0 Å². The fraction of sp³-hybridized carbons (Fsp3) is 0.450. The Morgan fingerprint density at radius 2 is 2.00 bits per heavy atom. The number of aromatic nitrogens is 2.